The van der Waals surface area contributed by atoms with Gasteiger partial charge in [-0.25, -0.2) is 19.7 Å². The Kier molecular flexibility index (Phi) is 8.76. The van der Waals surface area contributed by atoms with Gasteiger partial charge >= 0.3 is 21.2 Å². The van der Waals surface area contributed by atoms with Gasteiger partial charge in [0, 0.05) is 5.41 Å². The number of anilines is 1. The standard InChI is InChI=1S/C18H29N5O12P2/c1-18(2,13(26)17(27)32-3)5-34-37(30,31)7-36(28,29)33-4-8-10(24)11(25)12(35-8)16-22-9-14(19)20-6-21-15(9)23-16/h6,8,10-13,24-26H,4-5,7H2,1-3H3,(H,28,29)(H,30,31)(H3,19,20,21,22,23)/t8-,10+,11?,12-,13?/m1/s1. The number of nitrogens with two attached hydrogens (primary N) is 1. The van der Waals surface area contributed by atoms with Gasteiger partial charge < -0.3 is 54.3 Å². The van der Waals surface area contributed by atoms with Gasteiger partial charge in [0.1, 0.15) is 42.1 Å². The molecule has 0 spiro atoms. The van der Waals surface area contributed by atoms with Crippen LogP contribution in [0.4, 0.5) is 5.82 Å². The molecule has 0 amide bonds. The number of ether oxygens (including phenoxy) is 2. The number of hydrogen-bond donors (Lipinski definition) is 7. The van der Waals surface area contributed by atoms with Crippen LogP contribution in [0.1, 0.15) is 25.8 Å². The predicted octanol–water partition coefficient (Wildman–Crippen LogP) is -0.982. The van der Waals surface area contributed by atoms with Crippen molar-refractivity contribution < 1.29 is 57.6 Å². The van der Waals surface area contributed by atoms with E-state index >= 15 is 0 Å². The average Bonchev–Trinajstić information content (AvgIpc) is 3.37. The molecule has 0 aliphatic carbocycles. The fourth-order valence-electron chi connectivity index (χ4n) is 3.39. The zero-order valence-electron chi connectivity index (χ0n) is 20.0. The van der Waals surface area contributed by atoms with Gasteiger partial charge in [-0.1, -0.05) is 13.8 Å². The number of H-pyrrole nitrogens is 1. The summed E-state index contributed by atoms with van der Waals surface area (Å²) < 4.78 is 44.5. The first-order valence-electron chi connectivity index (χ1n) is 10.7. The lowest BCUT2D eigenvalue weighted by Crippen LogP contribution is -2.40. The Morgan fingerprint density at radius 3 is 2.49 bits per heavy atom. The number of nitrogen functional groups attached to an aromatic ring is 1. The van der Waals surface area contributed by atoms with Gasteiger partial charge in [0.2, 0.25) is 0 Å². The summed E-state index contributed by atoms with van der Waals surface area (Å²) in [6, 6.07) is 0. The molecule has 4 unspecified atom stereocenters. The number of carbonyl (C=O) groups excluding carboxylic acids is 1. The van der Waals surface area contributed by atoms with Crippen molar-refractivity contribution in [1.29, 1.82) is 0 Å². The second-order valence-corrected chi connectivity index (χ2v) is 13.3. The number of nitrogens with zero attached hydrogens (tertiary/aromatic N) is 3. The van der Waals surface area contributed by atoms with Crippen molar-refractivity contribution in [2.75, 3.05) is 32.0 Å². The molecule has 3 heterocycles. The number of rotatable bonds is 11. The third kappa shape index (κ3) is 6.89. The van der Waals surface area contributed by atoms with E-state index in [2.05, 4.69) is 24.7 Å². The van der Waals surface area contributed by atoms with Gasteiger partial charge in [0.05, 0.1) is 20.3 Å². The highest BCUT2D eigenvalue weighted by Gasteiger charge is 2.46. The zero-order chi connectivity index (χ0) is 27.8. The summed E-state index contributed by atoms with van der Waals surface area (Å²) in [7, 11) is -8.49. The fourth-order valence-corrected chi connectivity index (χ4v) is 6.76. The molecule has 0 saturated carbocycles. The van der Waals surface area contributed by atoms with E-state index in [0.717, 1.165) is 7.11 Å². The van der Waals surface area contributed by atoms with Crippen LogP contribution in [-0.4, -0.2) is 102 Å². The Labute approximate surface area is 210 Å². The molecule has 0 aromatic carbocycles. The second-order valence-electron chi connectivity index (χ2n) is 9.06. The van der Waals surface area contributed by atoms with Crippen LogP contribution in [0.2, 0.25) is 0 Å². The van der Waals surface area contributed by atoms with Crippen LogP contribution in [-0.2, 0) is 32.4 Å². The Bertz CT molecular complexity index is 1220. The molecule has 7 atom stereocenters. The highest BCUT2D eigenvalue weighted by molar-refractivity contribution is 7.70. The predicted molar refractivity (Wildman–Crippen MR) is 124 cm³/mol. The molecule has 17 nitrogen and oxygen atoms in total. The Morgan fingerprint density at radius 2 is 1.86 bits per heavy atom. The largest absolute Gasteiger partial charge is 0.467 e. The van der Waals surface area contributed by atoms with E-state index in [0.29, 0.717) is 0 Å². The first kappa shape index (κ1) is 29.5. The summed E-state index contributed by atoms with van der Waals surface area (Å²) in [5, 5.41) is 30.7. The molecule has 0 bridgehead atoms. The Balaban J connectivity index is 1.59. The van der Waals surface area contributed by atoms with E-state index in [1.807, 2.05) is 0 Å². The molecule has 1 aliphatic heterocycles. The van der Waals surface area contributed by atoms with E-state index in [4.69, 9.17) is 19.5 Å². The molecular formula is C18H29N5O12P2. The summed E-state index contributed by atoms with van der Waals surface area (Å²) in [5.41, 5.74) is 4.84. The van der Waals surface area contributed by atoms with Gasteiger partial charge in [-0.3, -0.25) is 9.13 Å². The number of fused-ring (bicyclic) bond motifs is 1. The van der Waals surface area contributed by atoms with Crippen molar-refractivity contribution in [3.8, 4) is 0 Å². The van der Waals surface area contributed by atoms with Crippen molar-refractivity contribution >= 4 is 38.1 Å². The van der Waals surface area contributed by atoms with Crippen LogP contribution in [0.15, 0.2) is 6.33 Å². The molecule has 0 radical (unpaired) electrons. The monoisotopic (exact) mass is 569 g/mol. The number of aromatic amines is 1. The van der Waals surface area contributed by atoms with Gasteiger partial charge in [-0.05, 0) is 0 Å². The molecule has 2 aromatic heterocycles. The maximum absolute atomic E-state index is 12.4. The smallest absolute Gasteiger partial charge is 0.340 e. The number of esters is 1. The van der Waals surface area contributed by atoms with Crippen LogP contribution in [0.5, 0.6) is 0 Å². The van der Waals surface area contributed by atoms with Crippen LogP contribution in [0, 0.1) is 5.41 Å². The first-order chi connectivity index (χ1) is 17.1. The van der Waals surface area contributed by atoms with Crippen molar-refractivity contribution in [2.45, 2.75) is 44.4 Å². The lowest BCUT2D eigenvalue weighted by Gasteiger charge is -2.29. The van der Waals surface area contributed by atoms with Crippen LogP contribution in [0.25, 0.3) is 11.2 Å². The summed E-state index contributed by atoms with van der Waals surface area (Å²) in [5.74, 6) is -2.17. The zero-order valence-corrected chi connectivity index (χ0v) is 21.8. The minimum Gasteiger partial charge on any atom is -0.467 e. The molecule has 8 N–H and O–H groups in total. The highest BCUT2D eigenvalue weighted by Crippen LogP contribution is 2.59. The number of carbonyl (C=O) groups is 1. The summed E-state index contributed by atoms with van der Waals surface area (Å²) >= 11 is 0. The minimum absolute atomic E-state index is 0.0634. The topological polar surface area (TPSA) is 270 Å². The fraction of sp³-hybridized carbons (Fsp3) is 0.667. The maximum atomic E-state index is 12.4. The number of aliphatic hydroxyl groups is 3. The van der Waals surface area contributed by atoms with E-state index in [1.54, 1.807) is 0 Å². The van der Waals surface area contributed by atoms with E-state index in [1.165, 1.54) is 20.2 Å². The molecule has 208 valence electrons. The van der Waals surface area contributed by atoms with Gasteiger partial charge in [-0.15, -0.1) is 0 Å². The third-order valence-corrected chi connectivity index (χ3v) is 9.51. The lowest BCUT2D eigenvalue weighted by atomic mass is 9.88. The number of imidazole rings is 1. The second kappa shape index (κ2) is 11.0. The van der Waals surface area contributed by atoms with E-state index in [-0.39, 0.29) is 22.8 Å². The maximum Gasteiger partial charge on any atom is 0.340 e. The van der Waals surface area contributed by atoms with E-state index < -0.39 is 76.2 Å². The molecular weight excluding hydrogens is 540 g/mol. The Morgan fingerprint density at radius 1 is 1.22 bits per heavy atom. The van der Waals surface area contributed by atoms with Crippen LogP contribution < -0.4 is 5.73 Å². The van der Waals surface area contributed by atoms with Crippen molar-refractivity contribution in [1.82, 2.24) is 19.9 Å². The van der Waals surface area contributed by atoms with Gasteiger partial charge in [-0.2, -0.15) is 0 Å². The number of nitrogens with one attached hydrogen (secondary N) is 1. The van der Waals surface area contributed by atoms with E-state index in [9.17, 15) is 39.0 Å². The lowest BCUT2D eigenvalue weighted by molar-refractivity contribution is -0.158. The van der Waals surface area contributed by atoms with Gasteiger partial charge in [0.15, 0.2) is 23.5 Å². The molecule has 3 rings (SSSR count). The quantitative estimate of drug-likeness (QED) is 0.126. The van der Waals surface area contributed by atoms with Crippen LogP contribution in [0.3, 0.4) is 0 Å². The summed E-state index contributed by atoms with van der Waals surface area (Å²) in [4.78, 5) is 46.3. The van der Waals surface area contributed by atoms with Crippen molar-refractivity contribution in [3.63, 3.8) is 0 Å². The molecule has 1 fully saturated rings. The van der Waals surface area contributed by atoms with Crippen LogP contribution >= 0.6 is 15.2 Å². The first-order valence-corrected chi connectivity index (χ1v) is 14.3. The van der Waals surface area contributed by atoms with Gasteiger partial charge in [0.25, 0.3) is 0 Å². The molecule has 1 saturated heterocycles. The normalized spacial score (nSPS) is 26.5. The highest BCUT2D eigenvalue weighted by atomic mass is 31.2. The molecule has 19 heteroatoms. The molecule has 2 aromatic rings. The number of aliphatic hydroxyl groups excluding tert-OH is 3. The summed E-state index contributed by atoms with van der Waals surface area (Å²) in [6.45, 7) is 1.33. The van der Waals surface area contributed by atoms with Crippen molar-refractivity contribution in [2.24, 2.45) is 5.41 Å². The SMILES string of the molecule is COC(=O)C(O)C(C)(C)COP(=O)(O)CP(=O)(O)OC[C@H]1O[C@@H](c2nc3ncnc(N)c3[nH]2)C(O)[C@H]1O. The number of hydrogen-bond acceptors (Lipinski definition) is 14. The van der Waals surface area contributed by atoms with Crippen molar-refractivity contribution in [3.05, 3.63) is 12.2 Å². The minimum atomic E-state index is -4.79. The number of aromatic nitrogens is 4. The average molecular weight is 569 g/mol. The molecule has 37 heavy (non-hydrogen) atoms. The Hall–Kier alpha value is -2.04. The third-order valence-electron chi connectivity index (χ3n) is 5.57. The summed E-state index contributed by atoms with van der Waals surface area (Å²) in [6.07, 6.45) is -6.11. The number of methoxy groups -OCH3 is 1. The molecule has 1 aliphatic rings.